The van der Waals surface area contributed by atoms with Crippen LogP contribution in [0.4, 0.5) is 5.69 Å². The standard InChI is InChI=1S/C21H22ClN3O2/c22-18-7-5-17(6-8-18)21(27)24-13-11-23(12-14-24)15-20(26)25-10-9-16-3-1-2-4-19(16)25/h1-8H,9-15H2. The van der Waals surface area contributed by atoms with Crippen LogP contribution in [0.2, 0.25) is 5.02 Å². The van der Waals surface area contributed by atoms with Gasteiger partial charge in [0.2, 0.25) is 5.91 Å². The van der Waals surface area contributed by atoms with Gasteiger partial charge in [-0.1, -0.05) is 29.8 Å². The number of anilines is 1. The van der Waals surface area contributed by atoms with Crippen molar-refractivity contribution in [2.75, 3.05) is 44.2 Å². The average molecular weight is 384 g/mol. The van der Waals surface area contributed by atoms with Gasteiger partial charge in [-0.2, -0.15) is 0 Å². The van der Waals surface area contributed by atoms with Crippen molar-refractivity contribution in [2.24, 2.45) is 0 Å². The molecule has 2 aromatic carbocycles. The van der Waals surface area contributed by atoms with Crippen LogP contribution in [0.15, 0.2) is 48.5 Å². The Morgan fingerprint density at radius 2 is 1.59 bits per heavy atom. The van der Waals surface area contributed by atoms with Gasteiger partial charge in [0.25, 0.3) is 5.91 Å². The molecule has 0 radical (unpaired) electrons. The van der Waals surface area contributed by atoms with E-state index in [0.717, 1.165) is 18.7 Å². The molecule has 6 heteroatoms. The molecule has 2 amide bonds. The number of nitrogens with zero attached hydrogens (tertiary/aromatic N) is 3. The van der Waals surface area contributed by atoms with Gasteiger partial charge >= 0.3 is 0 Å². The highest BCUT2D eigenvalue weighted by molar-refractivity contribution is 6.30. The van der Waals surface area contributed by atoms with E-state index >= 15 is 0 Å². The molecule has 0 spiro atoms. The third kappa shape index (κ3) is 3.84. The van der Waals surface area contributed by atoms with Crippen molar-refractivity contribution in [1.29, 1.82) is 0 Å². The van der Waals surface area contributed by atoms with E-state index in [1.165, 1.54) is 5.56 Å². The van der Waals surface area contributed by atoms with Gasteiger partial charge in [-0.05, 0) is 42.3 Å². The summed E-state index contributed by atoms with van der Waals surface area (Å²) in [4.78, 5) is 31.2. The zero-order chi connectivity index (χ0) is 18.8. The second kappa shape index (κ2) is 7.71. The first-order valence-corrected chi connectivity index (χ1v) is 9.65. The van der Waals surface area contributed by atoms with E-state index in [4.69, 9.17) is 11.6 Å². The molecular weight excluding hydrogens is 362 g/mol. The van der Waals surface area contributed by atoms with Crippen LogP contribution in [-0.4, -0.2) is 60.9 Å². The number of fused-ring (bicyclic) bond motifs is 1. The molecule has 0 saturated carbocycles. The Bertz CT molecular complexity index is 845. The number of amides is 2. The zero-order valence-electron chi connectivity index (χ0n) is 15.1. The Labute approximate surface area is 164 Å². The van der Waals surface area contributed by atoms with Gasteiger partial charge in [-0.25, -0.2) is 0 Å². The fraction of sp³-hybridized carbons (Fsp3) is 0.333. The molecule has 2 aromatic rings. The highest BCUT2D eigenvalue weighted by atomic mass is 35.5. The van der Waals surface area contributed by atoms with Gasteiger partial charge in [0.05, 0.1) is 6.54 Å². The minimum absolute atomic E-state index is 0.0195. The lowest BCUT2D eigenvalue weighted by molar-refractivity contribution is -0.120. The van der Waals surface area contributed by atoms with Crippen molar-refractivity contribution in [3.05, 3.63) is 64.7 Å². The SMILES string of the molecule is O=C(c1ccc(Cl)cc1)N1CCN(CC(=O)N2CCc3ccccc32)CC1. The number of hydrogen-bond donors (Lipinski definition) is 0. The summed E-state index contributed by atoms with van der Waals surface area (Å²) in [6.07, 6.45) is 0.922. The molecule has 5 nitrogen and oxygen atoms in total. The lowest BCUT2D eigenvalue weighted by atomic mass is 10.2. The normalized spacial score (nSPS) is 17.1. The summed E-state index contributed by atoms with van der Waals surface area (Å²) in [5.41, 5.74) is 2.93. The van der Waals surface area contributed by atoms with Crippen LogP contribution in [0, 0.1) is 0 Å². The quantitative estimate of drug-likeness (QED) is 0.818. The average Bonchev–Trinajstić information content (AvgIpc) is 3.13. The summed E-state index contributed by atoms with van der Waals surface area (Å²) >= 11 is 5.89. The summed E-state index contributed by atoms with van der Waals surface area (Å²) in [5.74, 6) is 0.156. The van der Waals surface area contributed by atoms with Crippen LogP contribution in [0.1, 0.15) is 15.9 Å². The Morgan fingerprint density at radius 1 is 0.889 bits per heavy atom. The molecule has 0 aromatic heterocycles. The van der Waals surface area contributed by atoms with E-state index in [0.29, 0.717) is 43.3 Å². The number of rotatable bonds is 3. The predicted octanol–water partition coefficient (Wildman–Crippen LogP) is 2.69. The number of hydrogen-bond acceptors (Lipinski definition) is 3. The van der Waals surface area contributed by atoms with Crippen LogP contribution in [0.5, 0.6) is 0 Å². The summed E-state index contributed by atoms with van der Waals surface area (Å²) in [6, 6.07) is 15.1. The number of benzene rings is 2. The molecule has 0 atom stereocenters. The maximum atomic E-state index is 12.7. The monoisotopic (exact) mass is 383 g/mol. The number of carbonyl (C=O) groups excluding carboxylic acids is 2. The van der Waals surface area contributed by atoms with Crippen molar-refractivity contribution >= 4 is 29.1 Å². The smallest absolute Gasteiger partial charge is 0.253 e. The molecule has 1 saturated heterocycles. The number of halogens is 1. The van der Waals surface area contributed by atoms with Crippen LogP contribution in [-0.2, 0) is 11.2 Å². The molecule has 0 N–H and O–H groups in total. The van der Waals surface area contributed by atoms with Crippen LogP contribution in [0.3, 0.4) is 0 Å². The zero-order valence-corrected chi connectivity index (χ0v) is 15.9. The molecule has 140 valence electrons. The summed E-state index contributed by atoms with van der Waals surface area (Å²) < 4.78 is 0. The Kier molecular flexibility index (Phi) is 5.14. The largest absolute Gasteiger partial charge is 0.336 e. The molecule has 2 aliphatic heterocycles. The lowest BCUT2D eigenvalue weighted by Crippen LogP contribution is -2.51. The Morgan fingerprint density at radius 3 is 2.33 bits per heavy atom. The van der Waals surface area contributed by atoms with Gasteiger partial charge in [-0.15, -0.1) is 0 Å². The van der Waals surface area contributed by atoms with Crippen molar-refractivity contribution < 1.29 is 9.59 Å². The third-order valence-electron chi connectivity index (χ3n) is 5.30. The van der Waals surface area contributed by atoms with Gasteiger partial charge in [0.1, 0.15) is 0 Å². The fourth-order valence-corrected chi connectivity index (χ4v) is 3.88. The van der Waals surface area contributed by atoms with E-state index in [1.54, 1.807) is 24.3 Å². The van der Waals surface area contributed by atoms with E-state index in [1.807, 2.05) is 28.0 Å². The molecule has 2 heterocycles. The molecule has 4 rings (SSSR count). The predicted molar refractivity (Wildman–Crippen MR) is 106 cm³/mol. The number of carbonyl (C=O) groups is 2. The molecule has 0 unspecified atom stereocenters. The van der Waals surface area contributed by atoms with Crippen molar-refractivity contribution in [3.8, 4) is 0 Å². The summed E-state index contributed by atoms with van der Waals surface area (Å²) in [7, 11) is 0. The minimum Gasteiger partial charge on any atom is -0.336 e. The van der Waals surface area contributed by atoms with Gasteiger partial charge in [0, 0.05) is 49.0 Å². The summed E-state index contributed by atoms with van der Waals surface area (Å²) in [6.45, 7) is 3.84. The molecular formula is C21H22ClN3O2. The maximum absolute atomic E-state index is 12.7. The van der Waals surface area contributed by atoms with Crippen molar-refractivity contribution in [1.82, 2.24) is 9.80 Å². The lowest BCUT2D eigenvalue weighted by Gasteiger charge is -2.35. The number of piperazine rings is 1. The topological polar surface area (TPSA) is 43.9 Å². The molecule has 0 bridgehead atoms. The maximum Gasteiger partial charge on any atom is 0.253 e. The first kappa shape index (κ1) is 18.0. The molecule has 0 aliphatic carbocycles. The molecule has 27 heavy (non-hydrogen) atoms. The van der Waals surface area contributed by atoms with Crippen LogP contribution < -0.4 is 4.90 Å². The van der Waals surface area contributed by atoms with Crippen LogP contribution >= 0.6 is 11.6 Å². The second-order valence-corrected chi connectivity index (χ2v) is 7.44. The van der Waals surface area contributed by atoms with Crippen LogP contribution in [0.25, 0.3) is 0 Å². The highest BCUT2D eigenvalue weighted by Gasteiger charge is 2.28. The van der Waals surface area contributed by atoms with Crippen molar-refractivity contribution in [3.63, 3.8) is 0 Å². The number of para-hydroxylation sites is 1. The minimum atomic E-state index is 0.0195. The Hall–Kier alpha value is -2.37. The van der Waals surface area contributed by atoms with Gasteiger partial charge in [0.15, 0.2) is 0 Å². The first-order valence-electron chi connectivity index (χ1n) is 9.27. The van der Waals surface area contributed by atoms with Crippen molar-refractivity contribution in [2.45, 2.75) is 6.42 Å². The summed E-state index contributed by atoms with van der Waals surface area (Å²) in [5, 5.41) is 0.623. The molecule has 1 fully saturated rings. The molecule has 2 aliphatic rings. The second-order valence-electron chi connectivity index (χ2n) is 7.00. The van der Waals surface area contributed by atoms with E-state index in [2.05, 4.69) is 11.0 Å². The highest BCUT2D eigenvalue weighted by Crippen LogP contribution is 2.27. The van der Waals surface area contributed by atoms with Gasteiger partial charge in [-0.3, -0.25) is 14.5 Å². The van der Waals surface area contributed by atoms with E-state index < -0.39 is 0 Å². The van der Waals surface area contributed by atoms with Gasteiger partial charge < -0.3 is 9.80 Å². The Balaban J connectivity index is 1.31. The first-order chi connectivity index (χ1) is 13.1. The fourth-order valence-electron chi connectivity index (χ4n) is 3.76. The van der Waals surface area contributed by atoms with E-state index in [-0.39, 0.29) is 11.8 Å². The van der Waals surface area contributed by atoms with E-state index in [9.17, 15) is 9.59 Å². The third-order valence-corrected chi connectivity index (χ3v) is 5.55.